The Labute approximate surface area is 118 Å². The van der Waals surface area contributed by atoms with E-state index in [1.165, 1.54) is 0 Å². The smallest absolute Gasteiger partial charge is 0.413 e. The first kappa shape index (κ1) is 15.9. The molecule has 0 heterocycles. The Morgan fingerprint density at radius 1 is 1.30 bits per heavy atom. The van der Waals surface area contributed by atoms with E-state index in [2.05, 4.69) is 9.47 Å². The van der Waals surface area contributed by atoms with E-state index in [9.17, 15) is 18.8 Å². The van der Waals surface area contributed by atoms with Crippen molar-refractivity contribution in [2.45, 2.75) is 6.92 Å². The van der Waals surface area contributed by atoms with Gasteiger partial charge in [-0.2, -0.15) is 0 Å². The molecule has 1 aromatic rings. The lowest BCUT2D eigenvalue weighted by Crippen LogP contribution is -2.34. The van der Waals surface area contributed by atoms with Gasteiger partial charge >= 0.3 is 12.1 Å². The zero-order valence-electron chi connectivity index (χ0n) is 10.4. The van der Waals surface area contributed by atoms with Crippen molar-refractivity contribution < 1.29 is 28.2 Å². The van der Waals surface area contributed by atoms with Gasteiger partial charge in [0.2, 0.25) is 0 Å². The van der Waals surface area contributed by atoms with E-state index >= 15 is 0 Å². The van der Waals surface area contributed by atoms with Gasteiger partial charge in [-0.3, -0.25) is 10.1 Å². The van der Waals surface area contributed by atoms with E-state index in [0.29, 0.717) is 0 Å². The second-order valence-corrected chi connectivity index (χ2v) is 3.88. The van der Waals surface area contributed by atoms with Crippen LogP contribution in [0, 0.1) is 5.82 Å². The molecule has 0 radical (unpaired) electrons. The first-order chi connectivity index (χ1) is 9.43. The fourth-order valence-electron chi connectivity index (χ4n) is 1.18. The van der Waals surface area contributed by atoms with Gasteiger partial charge in [-0.05, 0) is 25.1 Å². The summed E-state index contributed by atoms with van der Waals surface area (Å²) in [5.41, 5.74) is -0.0861. The molecule has 20 heavy (non-hydrogen) atoms. The summed E-state index contributed by atoms with van der Waals surface area (Å²) < 4.78 is 21.9. The topological polar surface area (TPSA) is 81.7 Å². The fourth-order valence-corrected chi connectivity index (χ4v) is 1.43. The van der Waals surface area contributed by atoms with Crippen LogP contribution in [0.3, 0.4) is 0 Å². The summed E-state index contributed by atoms with van der Waals surface area (Å²) in [5, 5.41) is 1.70. The van der Waals surface area contributed by atoms with E-state index in [1.807, 2.05) is 5.32 Å². The molecule has 0 aliphatic heterocycles. The Morgan fingerprint density at radius 3 is 2.60 bits per heavy atom. The van der Waals surface area contributed by atoms with Gasteiger partial charge in [-0.15, -0.1) is 0 Å². The van der Waals surface area contributed by atoms with E-state index < -0.39 is 30.4 Å². The third-order valence-electron chi connectivity index (χ3n) is 2.00. The average Bonchev–Trinajstić information content (AvgIpc) is 2.36. The summed E-state index contributed by atoms with van der Waals surface area (Å²) in [5.74, 6) is -2.37. The van der Waals surface area contributed by atoms with Crippen LogP contribution in [0.5, 0.6) is 0 Å². The molecule has 6 nitrogen and oxygen atoms in total. The lowest BCUT2D eigenvalue weighted by atomic mass is 10.2. The molecule has 0 aromatic heterocycles. The molecule has 0 aliphatic rings. The molecule has 0 spiro atoms. The molecule has 2 amide bonds. The van der Waals surface area contributed by atoms with Gasteiger partial charge in [0.1, 0.15) is 5.82 Å². The van der Waals surface area contributed by atoms with Crippen LogP contribution >= 0.6 is 11.6 Å². The second-order valence-electron chi connectivity index (χ2n) is 3.47. The lowest BCUT2D eigenvalue weighted by Gasteiger charge is -2.06. The zero-order valence-corrected chi connectivity index (χ0v) is 11.2. The molecule has 0 fully saturated rings. The van der Waals surface area contributed by atoms with Crippen molar-refractivity contribution in [3.63, 3.8) is 0 Å². The number of amides is 2. The average molecular weight is 304 g/mol. The Hall–Kier alpha value is -2.15. The summed E-state index contributed by atoms with van der Waals surface area (Å²) in [7, 11) is 0. The number of benzene rings is 1. The Bertz CT molecular complexity index is 535. The third kappa shape index (κ3) is 4.85. The number of ether oxygens (including phenoxy) is 2. The minimum absolute atomic E-state index is 0.0861. The van der Waals surface area contributed by atoms with Crippen LogP contribution in [-0.4, -0.2) is 31.2 Å². The van der Waals surface area contributed by atoms with Crippen LogP contribution in [0.15, 0.2) is 18.2 Å². The van der Waals surface area contributed by atoms with Gasteiger partial charge in [0.25, 0.3) is 5.91 Å². The van der Waals surface area contributed by atoms with Crippen molar-refractivity contribution in [2.75, 3.05) is 13.2 Å². The van der Waals surface area contributed by atoms with Crippen LogP contribution in [0.1, 0.15) is 17.3 Å². The molecular weight excluding hydrogens is 293 g/mol. The molecule has 1 rings (SSSR count). The highest BCUT2D eigenvalue weighted by Gasteiger charge is 2.15. The van der Waals surface area contributed by atoms with Crippen molar-refractivity contribution in [3.05, 3.63) is 34.6 Å². The van der Waals surface area contributed by atoms with Crippen molar-refractivity contribution in [1.82, 2.24) is 5.32 Å². The molecular formula is C12H11ClFNO5. The van der Waals surface area contributed by atoms with Gasteiger partial charge in [-0.25, -0.2) is 14.0 Å². The van der Waals surface area contributed by atoms with E-state index in [4.69, 9.17) is 11.6 Å². The summed E-state index contributed by atoms with van der Waals surface area (Å²) in [6, 6.07) is 3.10. The normalized spacial score (nSPS) is 9.75. The predicted octanol–water partition coefficient (Wildman–Crippen LogP) is 1.91. The molecule has 1 aromatic carbocycles. The van der Waals surface area contributed by atoms with Crippen LogP contribution < -0.4 is 5.32 Å². The molecule has 0 atom stereocenters. The quantitative estimate of drug-likeness (QED) is 0.859. The second kappa shape index (κ2) is 7.44. The molecule has 0 saturated carbocycles. The van der Waals surface area contributed by atoms with Gasteiger partial charge in [0, 0.05) is 0 Å². The van der Waals surface area contributed by atoms with Crippen molar-refractivity contribution in [3.8, 4) is 0 Å². The number of rotatable bonds is 4. The fraction of sp³-hybridized carbons (Fsp3) is 0.250. The van der Waals surface area contributed by atoms with E-state index in [1.54, 1.807) is 6.92 Å². The van der Waals surface area contributed by atoms with Crippen LogP contribution in [0.25, 0.3) is 0 Å². The molecule has 0 saturated heterocycles. The maximum absolute atomic E-state index is 12.8. The molecule has 0 unspecified atom stereocenters. The van der Waals surface area contributed by atoms with E-state index in [0.717, 1.165) is 18.2 Å². The van der Waals surface area contributed by atoms with Crippen molar-refractivity contribution in [1.29, 1.82) is 0 Å². The number of carbonyl (C=O) groups is 3. The van der Waals surface area contributed by atoms with Crippen LogP contribution in [0.2, 0.25) is 5.02 Å². The molecule has 1 N–H and O–H groups in total. The number of halogens is 2. The summed E-state index contributed by atoms with van der Waals surface area (Å²) in [6.45, 7) is 0.982. The predicted molar refractivity (Wildman–Crippen MR) is 66.9 cm³/mol. The minimum atomic E-state index is -0.937. The molecule has 0 bridgehead atoms. The lowest BCUT2D eigenvalue weighted by molar-refractivity contribution is -0.123. The van der Waals surface area contributed by atoms with Crippen LogP contribution in [0.4, 0.5) is 9.18 Å². The van der Waals surface area contributed by atoms with Gasteiger partial charge < -0.3 is 9.47 Å². The monoisotopic (exact) mass is 303 g/mol. The zero-order chi connectivity index (χ0) is 15.1. The van der Waals surface area contributed by atoms with Gasteiger partial charge in [-0.1, -0.05) is 11.6 Å². The SMILES string of the molecule is CCOC(=O)NC(=O)COC(=O)c1ccc(F)cc1Cl. The van der Waals surface area contributed by atoms with E-state index in [-0.39, 0.29) is 17.2 Å². The number of nitrogens with one attached hydrogen (secondary N) is 1. The highest BCUT2D eigenvalue weighted by molar-refractivity contribution is 6.33. The summed E-state index contributed by atoms with van der Waals surface area (Å²) in [6.07, 6.45) is -0.937. The first-order valence-electron chi connectivity index (χ1n) is 5.52. The van der Waals surface area contributed by atoms with Crippen molar-refractivity contribution in [2.24, 2.45) is 0 Å². The maximum atomic E-state index is 12.8. The number of hydrogen-bond donors (Lipinski definition) is 1. The Balaban J connectivity index is 2.51. The number of imide groups is 1. The first-order valence-corrected chi connectivity index (χ1v) is 5.90. The third-order valence-corrected chi connectivity index (χ3v) is 2.32. The molecule has 8 heteroatoms. The number of alkyl carbamates (subject to hydrolysis) is 1. The Morgan fingerprint density at radius 2 is 2.00 bits per heavy atom. The summed E-state index contributed by atoms with van der Waals surface area (Å²) in [4.78, 5) is 33.7. The van der Waals surface area contributed by atoms with Gasteiger partial charge in [0.15, 0.2) is 6.61 Å². The number of carbonyl (C=O) groups excluding carboxylic acids is 3. The number of hydrogen-bond acceptors (Lipinski definition) is 5. The summed E-state index contributed by atoms with van der Waals surface area (Å²) >= 11 is 5.65. The highest BCUT2D eigenvalue weighted by atomic mass is 35.5. The highest BCUT2D eigenvalue weighted by Crippen LogP contribution is 2.17. The Kier molecular flexibility index (Phi) is 5.92. The number of esters is 1. The van der Waals surface area contributed by atoms with Gasteiger partial charge in [0.05, 0.1) is 17.2 Å². The largest absolute Gasteiger partial charge is 0.452 e. The van der Waals surface area contributed by atoms with Crippen molar-refractivity contribution >= 4 is 29.6 Å². The molecule has 0 aliphatic carbocycles. The standard InChI is InChI=1S/C12H11ClFNO5/c1-2-19-12(18)15-10(16)6-20-11(17)8-4-3-7(14)5-9(8)13/h3-5H,2,6H2,1H3,(H,15,16,18). The van der Waals surface area contributed by atoms with Crippen LogP contribution in [-0.2, 0) is 14.3 Å². The minimum Gasteiger partial charge on any atom is -0.452 e. The molecule has 108 valence electrons. The maximum Gasteiger partial charge on any atom is 0.413 e.